The first kappa shape index (κ1) is 15.1. The van der Waals surface area contributed by atoms with Crippen LogP contribution in [0.25, 0.3) is 0 Å². The fraction of sp³-hybridized carbons (Fsp3) is 0.312. The van der Waals surface area contributed by atoms with Crippen molar-refractivity contribution < 1.29 is 4.79 Å². The zero-order chi connectivity index (χ0) is 14.9. The molecule has 0 aliphatic rings. The summed E-state index contributed by atoms with van der Waals surface area (Å²) in [7, 11) is 0. The first-order chi connectivity index (χ1) is 10.3. The average molecular weight is 284 g/mol. The Hall–Kier alpha value is -2.27. The fourth-order valence-corrected chi connectivity index (χ4v) is 2.07. The summed E-state index contributed by atoms with van der Waals surface area (Å²) in [4.78, 5) is 22.5. The summed E-state index contributed by atoms with van der Waals surface area (Å²) < 4.78 is 0. The van der Waals surface area contributed by atoms with Crippen molar-refractivity contribution in [2.24, 2.45) is 0 Å². The van der Waals surface area contributed by atoms with Crippen LogP contribution in [0.1, 0.15) is 18.3 Å². The van der Waals surface area contributed by atoms with Gasteiger partial charge in [0.1, 0.15) is 0 Å². The number of carbonyl (C=O) groups excluding carboxylic acids is 1. The van der Waals surface area contributed by atoms with Crippen molar-refractivity contribution in [3.63, 3.8) is 0 Å². The minimum absolute atomic E-state index is 0.0179. The number of hydrogen-bond donors (Lipinski definition) is 1. The molecule has 0 bridgehead atoms. The number of nitrogens with one attached hydrogen (secondary N) is 1. The number of pyridine rings is 2. The minimum Gasteiger partial charge on any atom is -0.355 e. The van der Waals surface area contributed by atoms with E-state index in [4.69, 9.17) is 0 Å². The Morgan fingerprint density at radius 1 is 1.05 bits per heavy atom. The summed E-state index contributed by atoms with van der Waals surface area (Å²) in [6, 6.07) is 11.6. The van der Waals surface area contributed by atoms with Gasteiger partial charge in [-0.05, 0) is 31.2 Å². The zero-order valence-electron chi connectivity index (χ0n) is 12.2. The molecular weight excluding hydrogens is 264 g/mol. The second kappa shape index (κ2) is 8.11. The van der Waals surface area contributed by atoms with Gasteiger partial charge >= 0.3 is 0 Å². The van der Waals surface area contributed by atoms with E-state index in [0.29, 0.717) is 26.2 Å². The number of nitrogens with zero attached hydrogens (tertiary/aromatic N) is 3. The van der Waals surface area contributed by atoms with Gasteiger partial charge in [-0.25, -0.2) is 0 Å². The standard InChI is InChI=1S/C16H20N4O/c1-2-17-16(21)13-20(11-14-7-3-5-9-18-14)12-15-8-4-6-10-19-15/h3-10H,2,11-13H2,1H3,(H,17,21). The second-order valence-electron chi connectivity index (χ2n) is 4.74. The molecule has 0 saturated carbocycles. The number of carbonyl (C=O) groups is 1. The normalized spacial score (nSPS) is 10.6. The maximum atomic E-state index is 11.8. The molecule has 0 unspecified atom stereocenters. The van der Waals surface area contributed by atoms with Gasteiger partial charge in [0.15, 0.2) is 0 Å². The van der Waals surface area contributed by atoms with E-state index in [1.54, 1.807) is 12.4 Å². The van der Waals surface area contributed by atoms with Crippen molar-refractivity contribution in [1.29, 1.82) is 0 Å². The number of rotatable bonds is 7. The first-order valence-corrected chi connectivity index (χ1v) is 7.07. The molecule has 0 aliphatic carbocycles. The Labute approximate surface area is 125 Å². The van der Waals surface area contributed by atoms with Gasteiger partial charge in [-0.2, -0.15) is 0 Å². The third kappa shape index (κ3) is 5.31. The van der Waals surface area contributed by atoms with Gasteiger partial charge in [-0.3, -0.25) is 19.7 Å². The lowest BCUT2D eigenvalue weighted by Crippen LogP contribution is -2.36. The highest BCUT2D eigenvalue weighted by atomic mass is 16.2. The van der Waals surface area contributed by atoms with E-state index in [1.807, 2.05) is 48.2 Å². The van der Waals surface area contributed by atoms with E-state index in [-0.39, 0.29) is 5.91 Å². The molecule has 0 spiro atoms. The first-order valence-electron chi connectivity index (χ1n) is 7.07. The van der Waals surface area contributed by atoms with Gasteiger partial charge in [0.2, 0.25) is 5.91 Å². The maximum absolute atomic E-state index is 11.8. The molecule has 21 heavy (non-hydrogen) atoms. The Balaban J connectivity index is 2.04. The van der Waals surface area contributed by atoms with Crippen LogP contribution in [0.4, 0.5) is 0 Å². The van der Waals surface area contributed by atoms with Crippen molar-refractivity contribution in [3.8, 4) is 0 Å². The van der Waals surface area contributed by atoms with Gasteiger partial charge in [-0.15, -0.1) is 0 Å². The molecule has 1 amide bonds. The summed E-state index contributed by atoms with van der Waals surface area (Å²) in [5, 5.41) is 2.83. The predicted molar refractivity (Wildman–Crippen MR) is 81.3 cm³/mol. The minimum atomic E-state index is 0.0179. The van der Waals surface area contributed by atoms with Crippen molar-refractivity contribution in [2.75, 3.05) is 13.1 Å². The van der Waals surface area contributed by atoms with Crippen molar-refractivity contribution >= 4 is 5.91 Å². The highest BCUT2D eigenvalue weighted by Gasteiger charge is 2.12. The average Bonchev–Trinajstić information content (AvgIpc) is 2.49. The molecular formula is C16H20N4O. The largest absolute Gasteiger partial charge is 0.355 e. The molecule has 5 heteroatoms. The van der Waals surface area contributed by atoms with E-state index in [9.17, 15) is 4.79 Å². The molecule has 5 nitrogen and oxygen atoms in total. The van der Waals surface area contributed by atoms with E-state index in [0.717, 1.165) is 11.4 Å². The summed E-state index contributed by atoms with van der Waals surface area (Å²) >= 11 is 0. The molecule has 2 aromatic rings. The van der Waals surface area contributed by atoms with Crippen LogP contribution >= 0.6 is 0 Å². The highest BCUT2D eigenvalue weighted by Crippen LogP contribution is 2.06. The van der Waals surface area contributed by atoms with Gasteiger partial charge in [-0.1, -0.05) is 12.1 Å². The number of hydrogen-bond acceptors (Lipinski definition) is 4. The lowest BCUT2D eigenvalue weighted by Gasteiger charge is -2.20. The second-order valence-corrected chi connectivity index (χ2v) is 4.74. The molecule has 110 valence electrons. The molecule has 0 saturated heterocycles. The Morgan fingerprint density at radius 2 is 1.62 bits per heavy atom. The summed E-state index contributed by atoms with van der Waals surface area (Å²) in [6.07, 6.45) is 3.53. The van der Waals surface area contributed by atoms with E-state index in [1.165, 1.54) is 0 Å². The molecule has 0 fully saturated rings. The predicted octanol–water partition coefficient (Wildman–Crippen LogP) is 1.61. The number of aromatic nitrogens is 2. The van der Waals surface area contributed by atoms with Gasteiger partial charge in [0.05, 0.1) is 17.9 Å². The Bertz CT molecular complexity index is 503. The van der Waals surface area contributed by atoms with Crippen LogP contribution in [-0.4, -0.2) is 33.9 Å². The van der Waals surface area contributed by atoms with Crippen LogP contribution in [0.2, 0.25) is 0 Å². The molecule has 0 radical (unpaired) electrons. The van der Waals surface area contributed by atoms with Gasteiger partial charge in [0.25, 0.3) is 0 Å². The lowest BCUT2D eigenvalue weighted by atomic mass is 10.3. The molecule has 0 atom stereocenters. The zero-order valence-corrected chi connectivity index (χ0v) is 12.2. The summed E-state index contributed by atoms with van der Waals surface area (Å²) in [5.74, 6) is 0.0179. The summed E-state index contributed by atoms with van der Waals surface area (Å²) in [5.41, 5.74) is 1.88. The van der Waals surface area contributed by atoms with Crippen LogP contribution < -0.4 is 5.32 Å². The SMILES string of the molecule is CCNC(=O)CN(Cc1ccccn1)Cc1ccccn1. The van der Waals surface area contributed by atoms with Crippen LogP contribution in [0.5, 0.6) is 0 Å². The van der Waals surface area contributed by atoms with Crippen molar-refractivity contribution in [3.05, 3.63) is 60.2 Å². The van der Waals surface area contributed by atoms with E-state index in [2.05, 4.69) is 15.3 Å². The van der Waals surface area contributed by atoms with Crippen molar-refractivity contribution in [2.45, 2.75) is 20.0 Å². The topological polar surface area (TPSA) is 58.1 Å². The van der Waals surface area contributed by atoms with Crippen LogP contribution in [0, 0.1) is 0 Å². The van der Waals surface area contributed by atoms with Crippen molar-refractivity contribution in [1.82, 2.24) is 20.2 Å². The molecule has 0 aromatic carbocycles. The maximum Gasteiger partial charge on any atom is 0.234 e. The van der Waals surface area contributed by atoms with Crippen LogP contribution in [-0.2, 0) is 17.9 Å². The quantitative estimate of drug-likeness (QED) is 0.839. The molecule has 0 aliphatic heterocycles. The van der Waals surface area contributed by atoms with Gasteiger partial charge < -0.3 is 5.32 Å². The van der Waals surface area contributed by atoms with E-state index < -0.39 is 0 Å². The highest BCUT2D eigenvalue weighted by molar-refractivity contribution is 5.77. The van der Waals surface area contributed by atoms with E-state index >= 15 is 0 Å². The van der Waals surface area contributed by atoms with Gasteiger partial charge in [0, 0.05) is 32.0 Å². The Morgan fingerprint density at radius 3 is 2.05 bits per heavy atom. The van der Waals surface area contributed by atoms with Crippen LogP contribution in [0.15, 0.2) is 48.8 Å². The summed E-state index contributed by atoms with van der Waals surface area (Å²) in [6.45, 7) is 4.13. The third-order valence-electron chi connectivity index (χ3n) is 2.96. The smallest absolute Gasteiger partial charge is 0.234 e. The molecule has 2 heterocycles. The number of amides is 1. The molecule has 2 aromatic heterocycles. The monoisotopic (exact) mass is 284 g/mol. The fourth-order valence-electron chi connectivity index (χ4n) is 2.07. The number of likely N-dealkylation sites (N-methyl/N-ethyl adjacent to an activating group) is 1. The molecule has 2 rings (SSSR count). The molecule has 1 N–H and O–H groups in total. The van der Waals surface area contributed by atoms with Crippen LogP contribution in [0.3, 0.4) is 0 Å². The lowest BCUT2D eigenvalue weighted by molar-refractivity contribution is -0.122. The Kier molecular flexibility index (Phi) is 5.84. The third-order valence-corrected chi connectivity index (χ3v) is 2.96.